The second kappa shape index (κ2) is 2.76. The lowest BCUT2D eigenvalue weighted by Gasteiger charge is -2.19. The summed E-state index contributed by atoms with van der Waals surface area (Å²) in [5.74, 6) is 0. The summed E-state index contributed by atoms with van der Waals surface area (Å²) >= 11 is 0. The summed E-state index contributed by atoms with van der Waals surface area (Å²) in [6.45, 7) is 2.22. The van der Waals surface area contributed by atoms with Gasteiger partial charge in [-0.3, -0.25) is 0 Å². The first-order chi connectivity index (χ1) is 7.83. The van der Waals surface area contributed by atoms with Crippen molar-refractivity contribution in [2.75, 3.05) is 0 Å². The largest absolute Gasteiger partial charge is 0.0617 e. The van der Waals surface area contributed by atoms with E-state index in [0.29, 0.717) is 0 Å². The third-order valence-corrected chi connectivity index (χ3v) is 3.98. The molecule has 0 heteroatoms. The van der Waals surface area contributed by atoms with Gasteiger partial charge in [0.15, 0.2) is 0 Å². The predicted octanol–water partition coefficient (Wildman–Crippen LogP) is 3.66. The molecule has 4 rings (SSSR count). The van der Waals surface area contributed by atoms with Crippen molar-refractivity contribution >= 4 is 0 Å². The molecule has 0 aromatic heterocycles. The van der Waals surface area contributed by atoms with Crippen molar-refractivity contribution in [1.82, 2.24) is 0 Å². The van der Waals surface area contributed by atoms with Gasteiger partial charge in [0.25, 0.3) is 0 Å². The van der Waals surface area contributed by atoms with Gasteiger partial charge >= 0.3 is 0 Å². The molecule has 0 fully saturated rings. The van der Waals surface area contributed by atoms with Gasteiger partial charge in [-0.05, 0) is 59.6 Å². The average Bonchev–Trinajstić information content (AvgIpc) is 2.64. The highest BCUT2D eigenvalue weighted by Gasteiger charge is 2.26. The van der Waals surface area contributed by atoms with Gasteiger partial charge < -0.3 is 0 Å². The Bertz CT molecular complexity index is 606. The molecule has 0 bridgehead atoms. The first-order valence-electron chi connectivity index (χ1n) is 6.06. The van der Waals surface area contributed by atoms with Gasteiger partial charge in [0.2, 0.25) is 0 Å². The molecule has 0 nitrogen and oxygen atoms in total. The fraction of sp³-hybridized carbons (Fsp3) is 0.250. The molecule has 0 N–H and O–H groups in total. The molecule has 0 saturated carbocycles. The summed E-state index contributed by atoms with van der Waals surface area (Å²) in [5, 5.41) is 0. The standard InChI is InChI=1S/C16H14/c1-10-7-13-6-5-11-3-2-4-12-9-14(8-10)16(13)15(11)12/h2-4,7-8H,5-6,9H2,1H3. The average molecular weight is 206 g/mol. The smallest absolute Gasteiger partial charge is 0.00131 e. The Kier molecular flexibility index (Phi) is 1.48. The fourth-order valence-electron chi connectivity index (χ4n) is 3.40. The zero-order valence-corrected chi connectivity index (χ0v) is 9.51. The third-order valence-electron chi connectivity index (χ3n) is 3.98. The molecular formula is C16H14. The molecule has 0 aliphatic heterocycles. The lowest BCUT2D eigenvalue weighted by atomic mass is 9.85. The number of hydrogen-bond acceptors (Lipinski definition) is 0. The quantitative estimate of drug-likeness (QED) is 0.526. The molecule has 78 valence electrons. The van der Waals surface area contributed by atoms with Crippen LogP contribution < -0.4 is 0 Å². The molecular weight excluding hydrogens is 192 g/mol. The van der Waals surface area contributed by atoms with Crippen LogP contribution in [-0.4, -0.2) is 0 Å². The van der Waals surface area contributed by atoms with Crippen LogP contribution in [0.2, 0.25) is 0 Å². The van der Waals surface area contributed by atoms with Crippen molar-refractivity contribution in [3.8, 4) is 11.1 Å². The zero-order valence-electron chi connectivity index (χ0n) is 9.51. The van der Waals surface area contributed by atoms with Crippen LogP contribution in [0.3, 0.4) is 0 Å². The van der Waals surface area contributed by atoms with Crippen LogP contribution in [0.25, 0.3) is 11.1 Å². The molecule has 2 aromatic carbocycles. The molecule has 0 atom stereocenters. The van der Waals surface area contributed by atoms with Gasteiger partial charge in [0.05, 0.1) is 0 Å². The summed E-state index contributed by atoms with van der Waals surface area (Å²) in [5.41, 5.74) is 10.8. The van der Waals surface area contributed by atoms with Gasteiger partial charge in [0.1, 0.15) is 0 Å². The maximum atomic E-state index is 2.38. The minimum absolute atomic E-state index is 1.15. The molecule has 16 heavy (non-hydrogen) atoms. The normalized spacial score (nSPS) is 15.1. The van der Waals surface area contributed by atoms with Crippen molar-refractivity contribution in [2.45, 2.75) is 26.2 Å². The number of benzene rings is 2. The van der Waals surface area contributed by atoms with Crippen LogP contribution in [0.15, 0.2) is 30.3 Å². The number of hydrogen-bond donors (Lipinski definition) is 0. The highest BCUT2D eigenvalue weighted by molar-refractivity contribution is 5.83. The van der Waals surface area contributed by atoms with E-state index in [4.69, 9.17) is 0 Å². The van der Waals surface area contributed by atoms with Crippen molar-refractivity contribution in [2.24, 2.45) is 0 Å². The Morgan fingerprint density at radius 1 is 0.812 bits per heavy atom. The summed E-state index contributed by atoms with van der Waals surface area (Å²) in [4.78, 5) is 0. The van der Waals surface area contributed by atoms with E-state index in [1.54, 1.807) is 33.4 Å². The number of rotatable bonds is 0. The van der Waals surface area contributed by atoms with E-state index in [0.717, 1.165) is 6.42 Å². The molecule has 2 aliphatic carbocycles. The van der Waals surface area contributed by atoms with Crippen LogP contribution in [0.1, 0.15) is 27.8 Å². The highest BCUT2D eigenvalue weighted by atomic mass is 14.3. The maximum absolute atomic E-state index is 2.38. The molecule has 0 saturated heterocycles. The van der Waals surface area contributed by atoms with Gasteiger partial charge in [-0.2, -0.15) is 0 Å². The molecule has 0 unspecified atom stereocenters. The molecule has 2 aliphatic rings. The Balaban J connectivity index is 2.15. The van der Waals surface area contributed by atoms with Crippen molar-refractivity contribution < 1.29 is 0 Å². The van der Waals surface area contributed by atoms with Gasteiger partial charge in [-0.15, -0.1) is 0 Å². The molecule has 0 spiro atoms. The summed E-state index contributed by atoms with van der Waals surface area (Å²) in [6, 6.07) is 11.6. The topological polar surface area (TPSA) is 0 Å². The first-order valence-corrected chi connectivity index (χ1v) is 6.06. The highest BCUT2D eigenvalue weighted by Crippen LogP contribution is 2.44. The lowest BCUT2D eigenvalue weighted by Crippen LogP contribution is -2.03. The SMILES string of the molecule is Cc1cc2c3c(c1)Cc1cccc(c1-3)CC2. The van der Waals surface area contributed by atoms with E-state index in [9.17, 15) is 0 Å². The number of aryl methyl sites for hydroxylation is 3. The lowest BCUT2D eigenvalue weighted by molar-refractivity contribution is 0.941. The van der Waals surface area contributed by atoms with Crippen molar-refractivity contribution in [3.05, 3.63) is 58.1 Å². The second-order valence-corrected chi connectivity index (χ2v) is 5.09. The minimum atomic E-state index is 1.15. The predicted molar refractivity (Wildman–Crippen MR) is 66.8 cm³/mol. The van der Waals surface area contributed by atoms with Crippen LogP contribution in [0.4, 0.5) is 0 Å². The van der Waals surface area contributed by atoms with E-state index < -0.39 is 0 Å². The molecule has 2 aromatic rings. The fourth-order valence-corrected chi connectivity index (χ4v) is 3.40. The zero-order chi connectivity index (χ0) is 10.7. The minimum Gasteiger partial charge on any atom is -0.0617 e. The van der Waals surface area contributed by atoms with Crippen LogP contribution >= 0.6 is 0 Å². The monoisotopic (exact) mass is 206 g/mol. The van der Waals surface area contributed by atoms with E-state index >= 15 is 0 Å². The maximum Gasteiger partial charge on any atom is -0.00131 e. The molecule has 0 amide bonds. The first kappa shape index (κ1) is 8.58. The second-order valence-electron chi connectivity index (χ2n) is 5.09. The van der Waals surface area contributed by atoms with E-state index in [1.807, 2.05) is 0 Å². The third kappa shape index (κ3) is 0.948. The Morgan fingerprint density at radius 2 is 1.50 bits per heavy atom. The molecule has 0 radical (unpaired) electrons. The summed E-state index contributed by atoms with van der Waals surface area (Å²) in [7, 11) is 0. The summed E-state index contributed by atoms with van der Waals surface area (Å²) in [6.07, 6.45) is 3.59. The van der Waals surface area contributed by atoms with E-state index in [1.165, 1.54) is 18.4 Å². The van der Waals surface area contributed by atoms with Crippen LogP contribution in [0, 0.1) is 6.92 Å². The van der Waals surface area contributed by atoms with Crippen molar-refractivity contribution in [1.29, 1.82) is 0 Å². The Labute approximate surface area is 95.9 Å². The summed E-state index contributed by atoms with van der Waals surface area (Å²) < 4.78 is 0. The van der Waals surface area contributed by atoms with Gasteiger partial charge in [-0.1, -0.05) is 35.9 Å². The Morgan fingerprint density at radius 3 is 2.44 bits per heavy atom. The van der Waals surface area contributed by atoms with Gasteiger partial charge in [0, 0.05) is 0 Å². The van der Waals surface area contributed by atoms with E-state index in [-0.39, 0.29) is 0 Å². The van der Waals surface area contributed by atoms with Gasteiger partial charge in [-0.25, -0.2) is 0 Å². The van der Waals surface area contributed by atoms with Crippen LogP contribution in [-0.2, 0) is 19.3 Å². The molecule has 0 heterocycles. The Hall–Kier alpha value is -1.56. The van der Waals surface area contributed by atoms with E-state index in [2.05, 4.69) is 37.3 Å². The van der Waals surface area contributed by atoms with Crippen LogP contribution in [0.5, 0.6) is 0 Å². The van der Waals surface area contributed by atoms with Crippen molar-refractivity contribution in [3.63, 3.8) is 0 Å².